The summed E-state index contributed by atoms with van der Waals surface area (Å²) in [5.74, 6) is -0.262. The van der Waals surface area contributed by atoms with Gasteiger partial charge >= 0.3 is 0 Å². The van der Waals surface area contributed by atoms with Crippen LogP contribution in [0.5, 0.6) is 0 Å². The summed E-state index contributed by atoms with van der Waals surface area (Å²) in [4.78, 5) is 24.6. The molecule has 0 spiro atoms. The zero-order valence-corrected chi connectivity index (χ0v) is 14.6. The highest BCUT2D eigenvalue weighted by Crippen LogP contribution is 2.23. The standard InChI is InChI=1S/C17H19ClN2O2S/c1-11(13-5-7-14(18)8-6-13)19-17(22)10-15(20-12(2)21)16-4-3-9-23-16/h3-9,11,15H,10H2,1-2H3,(H,19,22)(H,20,21)/t11-,15+/m1/s1. The average molecular weight is 351 g/mol. The topological polar surface area (TPSA) is 58.2 Å². The number of carbonyl (C=O) groups is 2. The lowest BCUT2D eigenvalue weighted by Crippen LogP contribution is -2.33. The number of amides is 2. The van der Waals surface area contributed by atoms with Crippen LogP contribution in [-0.2, 0) is 9.59 Å². The molecule has 2 rings (SSSR count). The van der Waals surface area contributed by atoms with Gasteiger partial charge in [-0.25, -0.2) is 0 Å². The molecule has 0 radical (unpaired) electrons. The van der Waals surface area contributed by atoms with Gasteiger partial charge in [0.1, 0.15) is 0 Å². The van der Waals surface area contributed by atoms with Gasteiger partial charge in [0, 0.05) is 16.8 Å². The summed E-state index contributed by atoms with van der Waals surface area (Å²) in [6.07, 6.45) is 0.206. The monoisotopic (exact) mass is 350 g/mol. The fourth-order valence-corrected chi connectivity index (χ4v) is 3.18. The largest absolute Gasteiger partial charge is 0.350 e. The minimum atomic E-state index is -0.301. The predicted molar refractivity (Wildman–Crippen MR) is 93.5 cm³/mol. The number of hydrogen-bond donors (Lipinski definition) is 2. The SMILES string of the molecule is CC(=O)N[C@@H](CC(=O)N[C@H](C)c1ccc(Cl)cc1)c1cccs1. The maximum atomic E-state index is 12.3. The number of hydrogen-bond acceptors (Lipinski definition) is 3. The fraction of sp³-hybridized carbons (Fsp3) is 0.294. The summed E-state index contributed by atoms with van der Waals surface area (Å²) >= 11 is 7.39. The molecule has 4 nitrogen and oxygen atoms in total. The van der Waals surface area contributed by atoms with Gasteiger partial charge in [0.2, 0.25) is 11.8 Å². The molecule has 0 aliphatic rings. The van der Waals surface area contributed by atoms with Gasteiger partial charge in [-0.05, 0) is 36.1 Å². The van der Waals surface area contributed by atoms with Crippen LogP contribution in [-0.4, -0.2) is 11.8 Å². The highest BCUT2D eigenvalue weighted by atomic mass is 35.5. The number of carbonyl (C=O) groups excluding carboxylic acids is 2. The molecule has 0 saturated heterocycles. The van der Waals surface area contributed by atoms with Crippen LogP contribution < -0.4 is 10.6 Å². The first-order valence-electron chi connectivity index (χ1n) is 7.31. The maximum Gasteiger partial charge on any atom is 0.222 e. The van der Waals surface area contributed by atoms with E-state index in [0.29, 0.717) is 5.02 Å². The van der Waals surface area contributed by atoms with Crippen LogP contribution in [0.3, 0.4) is 0 Å². The van der Waals surface area contributed by atoms with E-state index in [1.54, 1.807) is 12.1 Å². The van der Waals surface area contributed by atoms with Gasteiger partial charge in [0.15, 0.2) is 0 Å². The Labute approximate surface area is 144 Å². The molecule has 1 aromatic heterocycles. The number of halogens is 1. The van der Waals surface area contributed by atoms with E-state index in [4.69, 9.17) is 11.6 Å². The zero-order valence-electron chi connectivity index (χ0n) is 13.0. The molecule has 6 heteroatoms. The molecule has 0 saturated carbocycles. The molecule has 1 aromatic carbocycles. The molecule has 0 bridgehead atoms. The van der Waals surface area contributed by atoms with Gasteiger partial charge in [-0.2, -0.15) is 0 Å². The quantitative estimate of drug-likeness (QED) is 0.831. The Morgan fingerprint density at radius 2 is 1.87 bits per heavy atom. The highest BCUT2D eigenvalue weighted by molar-refractivity contribution is 7.10. The van der Waals surface area contributed by atoms with Crippen molar-refractivity contribution < 1.29 is 9.59 Å². The summed E-state index contributed by atoms with van der Waals surface area (Å²) in [5.41, 5.74) is 0.981. The highest BCUT2D eigenvalue weighted by Gasteiger charge is 2.19. The second kappa shape index (κ2) is 8.13. The van der Waals surface area contributed by atoms with E-state index in [-0.39, 0.29) is 30.3 Å². The van der Waals surface area contributed by atoms with Crippen molar-refractivity contribution in [3.05, 3.63) is 57.2 Å². The molecule has 0 aliphatic carbocycles. The van der Waals surface area contributed by atoms with Gasteiger partial charge in [-0.1, -0.05) is 29.8 Å². The van der Waals surface area contributed by atoms with E-state index in [9.17, 15) is 9.59 Å². The molecule has 1 heterocycles. The Morgan fingerprint density at radius 1 is 1.17 bits per heavy atom. The van der Waals surface area contributed by atoms with Crippen LogP contribution in [0.4, 0.5) is 0 Å². The van der Waals surface area contributed by atoms with Crippen LogP contribution in [0.1, 0.15) is 42.8 Å². The van der Waals surface area contributed by atoms with Crippen molar-refractivity contribution >= 4 is 34.8 Å². The third-order valence-corrected chi connectivity index (χ3v) is 4.64. The Hall–Kier alpha value is -1.85. The van der Waals surface area contributed by atoms with Crippen LogP contribution >= 0.6 is 22.9 Å². The Morgan fingerprint density at radius 3 is 2.43 bits per heavy atom. The molecular formula is C17H19ClN2O2S. The Bertz CT molecular complexity index is 656. The molecule has 2 atom stereocenters. The van der Waals surface area contributed by atoms with E-state index in [0.717, 1.165) is 10.4 Å². The normalized spacial score (nSPS) is 13.2. The third-order valence-electron chi connectivity index (χ3n) is 3.40. The molecular weight excluding hydrogens is 332 g/mol. The van der Waals surface area contributed by atoms with Crippen LogP contribution in [0, 0.1) is 0 Å². The number of thiophene rings is 1. The van der Waals surface area contributed by atoms with Crippen molar-refractivity contribution in [2.45, 2.75) is 32.4 Å². The zero-order chi connectivity index (χ0) is 16.8. The third kappa shape index (κ3) is 5.37. The first-order valence-corrected chi connectivity index (χ1v) is 8.57. The Kier molecular flexibility index (Phi) is 6.19. The van der Waals surface area contributed by atoms with Crippen molar-refractivity contribution in [3.8, 4) is 0 Å². The lowest BCUT2D eigenvalue weighted by molar-refractivity contribution is -0.123. The second-order valence-corrected chi connectivity index (χ2v) is 6.73. The average Bonchev–Trinajstić information content (AvgIpc) is 3.00. The summed E-state index contributed by atoms with van der Waals surface area (Å²) < 4.78 is 0. The molecule has 2 aromatic rings. The maximum absolute atomic E-state index is 12.3. The van der Waals surface area contributed by atoms with Crippen molar-refractivity contribution in [2.24, 2.45) is 0 Å². The number of rotatable bonds is 6. The lowest BCUT2D eigenvalue weighted by atomic mass is 10.1. The van der Waals surface area contributed by atoms with Crippen molar-refractivity contribution in [1.82, 2.24) is 10.6 Å². The minimum absolute atomic E-state index is 0.111. The minimum Gasteiger partial charge on any atom is -0.350 e. The number of benzene rings is 1. The summed E-state index contributed by atoms with van der Waals surface area (Å²) in [6.45, 7) is 3.37. The van der Waals surface area contributed by atoms with Crippen molar-refractivity contribution in [1.29, 1.82) is 0 Å². The second-order valence-electron chi connectivity index (χ2n) is 5.31. The molecule has 0 aliphatic heterocycles. The number of nitrogens with one attached hydrogen (secondary N) is 2. The molecule has 2 N–H and O–H groups in total. The smallest absolute Gasteiger partial charge is 0.222 e. The molecule has 0 fully saturated rings. The summed E-state index contributed by atoms with van der Waals surface area (Å²) in [6, 6.07) is 10.8. The van der Waals surface area contributed by atoms with Crippen LogP contribution in [0.2, 0.25) is 5.02 Å². The molecule has 0 unspecified atom stereocenters. The molecule has 23 heavy (non-hydrogen) atoms. The van der Waals surface area contributed by atoms with E-state index in [2.05, 4.69) is 10.6 Å². The lowest BCUT2D eigenvalue weighted by Gasteiger charge is -2.19. The Balaban J connectivity index is 1.98. The van der Waals surface area contributed by atoms with Gasteiger partial charge in [0.05, 0.1) is 18.5 Å². The van der Waals surface area contributed by atoms with Crippen LogP contribution in [0.25, 0.3) is 0 Å². The summed E-state index contributed by atoms with van der Waals surface area (Å²) in [5, 5.41) is 8.37. The first kappa shape index (κ1) is 17.5. The van der Waals surface area contributed by atoms with E-state index in [1.807, 2.05) is 36.6 Å². The van der Waals surface area contributed by atoms with Gasteiger partial charge in [0.25, 0.3) is 0 Å². The van der Waals surface area contributed by atoms with Gasteiger partial charge in [-0.15, -0.1) is 11.3 Å². The van der Waals surface area contributed by atoms with E-state index >= 15 is 0 Å². The fourth-order valence-electron chi connectivity index (χ4n) is 2.28. The summed E-state index contributed by atoms with van der Waals surface area (Å²) in [7, 11) is 0. The molecule has 2 amide bonds. The van der Waals surface area contributed by atoms with Gasteiger partial charge < -0.3 is 10.6 Å². The van der Waals surface area contributed by atoms with E-state index in [1.165, 1.54) is 18.3 Å². The molecule has 122 valence electrons. The predicted octanol–water partition coefficient (Wildman–Crippen LogP) is 3.85. The van der Waals surface area contributed by atoms with E-state index < -0.39 is 0 Å². The van der Waals surface area contributed by atoms with Gasteiger partial charge in [-0.3, -0.25) is 9.59 Å². The van der Waals surface area contributed by atoms with Crippen molar-refractivity contribution in [3.63, 3.8) is 0 Å². The van der Waals surface area contributed by atoms with Crippen molar-refractivity contribution in [2.75, 3.05) is 0 Å². The first-order chi connectivity index (χ1) is 11.0. The van der Waals surface area contributed by atoms with Crippen LogP contribution in [0.15, 0.2) is 41.8 Å².